The molecule has 1 N–H and O–H groups in total. The molecule has 0 aliphatic heterocycles. The number of aromatic amines is 1. The molecule has 0 aliphatic rings. The summed E-state index contributed by atoms with van der Waals surface area (Å²) in [5, 5.41) is 0.601. The van der Waals surface area contributed by atoms with Crippen molar-refractivity contribution in [1.82, 2.24) is 15.0 Å². The number of rotatable bonds is 3. The summed E-state index contributed by atoms with van der Waals surface area (Å²) in [6.45, 7) is 3.93. The van der Waals surface area contributed by atoms with Crippen LogP contribution in [0.3, 0.4) is 0 Å². The number of hydrogen-bond acceptors (Lipinski definition) is 4. The Morgan fingerprint density at radius 2 is 2.04 bits per heavy atom. The number of pyridine rings is 1. The SMILES string of the molecule is CCc1c(C)sc2nc(Cc3ccc(C(F)(F)F)cn3)[nH]c(=O)c12. The Morgan fingerprint density at radius 1 is 1.29 bits per heavy atom. The minimum atomic E-state index is -4.41. The molecule has 0 saturated heterocycles. The van der Waals surface area contributed by atoms with Crippen molar-refractivity contribution in [3.05, 3.63) is 56.2 Å². The van der Waals surface area contributed by atoms with Gasteiger partial charge in [-0.2, -0.15) is 13.2 Å². The molecule has 4 nitrogen and oxygen atoms in total. The van der Waals surface area contributed by atoms with Crippen molar-refractivity contribution < 1.29 is 13.2 Å². The van der Waals surface area contributed by atoms with Crippen molar-refractivity contribution in [2.24, 2.45) is 0 Å². The van der Waals surface area contributed by atoms with Crippen LogP contribution < -0.4 is 5.56 Å². The molecule has 0 fully saturated rings. The maximum Gasteiger partial charge on any atom is 0.417 e. The number of halogens is 3. The normalized spacial score (nSPS) is 12.0. The van der Waals surface area contributed by atoms with Gasteiger partial charge in [-0.25, -0.2) is 4.98 Å². The van der Waals surface area contributed by atoms with E-state index in [9.17, 15) is 18.0 Å². The third kappa shape index (κ3) is 3.06. The Bertz CT molecular complexity index is 942. The van der Waals surface area contributed by atoms with E-state index in [2.05, 4.69) is 15.0 Å². The highest BCUT2D eigenvalue weighted by molar-refractivity contribution is 7.18. The first-order chi connectivity index (χ1) is 11.3. The van der Waals surface area contributed by atoms with Gasteiger partial charge in [0.15, 0.2) is 0 Å². The minimum Gasteiger partial charge on any atom is -0.310 e. The van der Waals surface area contributed by atoms with E-state index < -0.39 is 11.7 Å². The predicted molar refractivity (Wildman–Crippen MR) is 86.4 cm³/mol. The summed E-state index contributed by atoms with van der Waals surface area (Å²) in [7, 11) is 0. The lowest BCUT2D eigenvalue weighted by atomic mass is 10.1. The van der Waals surface area contributed by atoms with E-state index in [0.29, 0.717) is 21.7 Å². The van der Waals surface area contributed by atoms with Gasteiger partial charge < -0.3 is 4.98 Å². The number of hydrogen-bond donors (Lipinski definition) is 1. The topological polar surface area (TPSA) is 58.6 Å². The van der Waals surface area contributed by atoms with Gasteiger partial charge in [-0.1, -0.05) is 6.92 Å². The number of H-pyrrole nitrogens is 1. The molecule has 3 aromatic heterocycles. The smallest absolute Gasteiger partial charge is 0.310 e. The average Bonchev–Trinajstić information content (AvgIpc) is 2.82. The lowest BCUT2D eigenvalue weighted by Crippen LogP contribution is -2.13. The van der Waals surface area contributed by atoms with E-state index in [0.717, 1.165) is 29.1 Å². The summed E-state index contributed by atoms with van der Waals surface area (Å²) in [6, 6.07) is 2.27. The van der Waals surface area contributed by atoms with Gasteiger partial charge in [0, 0.05) is 23.2 Å². The molecule has 3 aromatic rings. The molecule has 3 rings (SSSR count). The maximum absolute atomic E-state index is 12.5. The van der Waals surface area contributed by atoms with Gasteiger partial charge in [0.25, 0.3) is 5.56 Å². The van der Waals surface area contributed by atoms with Crippen LogP contribution in [-0.4, -0.2) is 15.0 Å². The molecule has 0 aliphatic carbocycles. The van der Waals surface area contributed by atoms with Crippen LogP contribution in [0, 0.1) is 6.92 Å². The zero-order chi connectivity index (χ0) is 17.5. The Labute approximate surface area is 139 Å². The Kier molecular flexibility index (Phi) is 4.16. The standard InChI is InChI=1S/C16H14F3N3OS/c1-3-11-8(2)24-15-13(11)14(23)21-12(22-15)6-10-5-4-9(7-20-10)16(17,18)19/h4-5,7H,3,6H2,1-2H3,(H,21,22,23). The minimum absolute atomic E-state index is 0.168. The van der Waals surface area contributed by atoms with Crippen molar-refractivity contribution in [2.75, 3.05) is 0 Å². The van der Waals surface area contributed by atoms with Gasteiger partial charge >= 0.3 is 6.18 Å². The number of nitrogens with zero attached hydrogens (tertiary/aromatic N) is 2. The van der Waals surface area contributed by atoms with E-state index >= 15 is 0 Å². The summed E-state index contributed by atoms with van der Waals surface area (Å²) in [5.41, 5.74) is 0.380. The highest BCUT2D eigenvalue weighted by atomic mass is 32.1. The van der Waals surface area contributed by atoms with E-state index in [1.807, 2.05) is 13.8 Å². The molecule has 126 valence electrons. The quantitative estimate of drug-likeness (QED) is 0.778. The molecular weight excluding hydrogens is 339 g/mol. The van der Waals surface area contributed by atoms with Crippen molar-refractivity contribution in [1.29, 1.82) is 0 Å². The molecule has 0 unspecified atom stereocenters. The van der Waals surface area contributed by atoms with Crippen LogP contribution in [0.5, 0.6) is 0 Å². The zero-order valence-electron chi connectivity index (χ0n) is 13.0. The first kappa shape index (κ1) is 16.6. The molecule has 0 radical (unpaired) electrons. The first-order valence-corrected chi connectivity index (χ1v) is 8.14. The summed E-state index contributed by atoms with van der Waals surface area (Å²) in [5.74, 6) is 0.392. The van der Waals surface area contributed by atoms with Gasteiger partial charge in [-0.3, -0.25) is 9.78 Å². The fourth-order valence-electron chi connectivity index (χ4n) is 2.60. The van der Waals surface area contributed by atoms with Crippen molar-refractivity contribution >= 4 is 21.6 Å². The van der Waals surface area contributed by atoms with E-state index in [1.54, 1.807) is 0 Å². The van der Waals surface area contributed by atoms with Gasteiger partial charge in [0.1, 0.15) is 10.7 Å². The summed E-state index contributed by atoms with van der Waals surface area (Å²) >= 11 is 1.45. The van der Waals surface area contributed by atoms with Crippen molar-refractivity contribution in [3.8, 4) is 0 Å². The number of fused-ring (bicyclic) bond motifs is 1. The van der Waals surface area contributed by atoms with Crippen LogP contribution in [0.2, 0.25) is 0 Å². The first-order valence-electron chi connectivity index (χ1n) is 7.33. The van der Waals surface area contributed by atoms with Crippen LogP contribution in [0.4, 0.5) is 13.2 Å². The second kappa shape index (κ2) is 6.01. The van der Waals surface area contributed by atoms with Crippen LogP contribution in [-0.2, 0) is 19.0 Å². The average molecular weight is 353 g/mol. The Morgan fingerprint density at radius 3 is 2.62 bits per heavy atom. The lowest BCUT2D eigenvalue weighted by molar-refractivity contribution is -0.137. The number of nitrogens with one attached hydrogen (secondary N) is 1. The van der Waals surface area contributed by atoms with Crippen LogP contribution >= 0.6 is 11.3 Å². The Balaban J connectivity index is 1.95. The zero-order valence-corrected chi connectivity index (χ0v) is 13.8. The van der Waals surface area contributed by atoms with E-state index in [4.69, 9.17) is 0 Å². The Hall–Kier alpha value is -2.22. The van der Waals surface area contributed by atoms with Crippen LogP contribution in [0.15, 0.2) is 23.1 Å². The molecule has 3 heterocycles. The van der Waals surface area contributed by atoms with E-state index in [1.165, 1.54) is 17.4 Å². The lowest BCUT2D eigenvalue weighted by Gasteiger charge is -2.06. The second-order valence-electron chi connectivity index (χ2n) is 5.40. The summed E-state index contributed by atoms with van der Waals surface area (Å²) in [6.07, 6.45) is -2.71. The predicted octanol–water partition coefficient (Wildman–Crippen LogP) is 3.86. The third-order valence-corrected chi connectivity index (χ3v) is 4.81. The molecule has 0 saturated carbocycles. The molecule has 0 amide bonds. The van der Waals surface area contributed by atoms with Crippen LogP contribution in [0.1, 0.15) is 34.4 Å². The maximum atomic E-state index is 12.5. The highest BCUT2D eigenvalue weighted by Crippen LogP contribution is 2.29. The second-order valence-corrected chi connectivity index (χ2v) is 6.60. The molecule has 0 spiro atoms. The fraction of sp³-hybridized carbons (Fsp3) is 0.312. The van der Waals surface area contributed by atoms with Gasteiger partial charge in [-0.05, 0) is 31.0 Å². The number of thiophene rings is 1. The monoisotopic (exact) mass is 353 g/mol. The number of aryl methyl sites for hydroxylation is 2. The highest BCUT2D eigenvalue weighted by Gasteiger charge is 2.30. The molecular formula is C16H14F3N3OS. The summed E-state index contributed by atoms with van der Waals surface area (Å²) in [4.78, 5) is 25.0. The van der Waals surface area contributed by atoms with Gasteiger partial charge in [0.2, 0.25) is 0 Å². The third-order valence-electron chi connectivity index (χ3n) is 3.77. The molecule has 0 atom stereocenters. The molecule has 24 heavy (non-hydrogen) atoms. The van der Waals surface area contributed by atoms with E-state index in [-0.39, 0.29) is 12.0 Å². The van der Waals surface area contributed by atoms with Gasteiger partial charge in [-0.15, -0.1) is 11.3 Å². The van der Waals surface area contributed by atoms with Crippen molar-refractivity contribution in [2.45, 2.75) is 32.9 Å². The van der Waals surface area contributed by atoms with Crippen LogP contribution in [0.25, 0.3) is 10.2 Å². The molecule has 0 aromatic carbocycles. The van der Waals surface area contributed by atoms with Gasteiger partial charge in [0.05, 0.1) is 10.9 Å². The fourth-order valence-corrected chi connectivity index (χ4v) is 3.73. The van der Waals surface area contributed by atoms with Crippen molar-refractivity contribution in [3.63, 3.8) is 0 Å². The summed E-state index contributed by atoms with van der Waals surface area (Å²) < 4.78 is 37.6. The number of aromatic nitrogens is 3. The number of alkyl halides is 3. The largest absolute Gasteiger partial charge is 0.417 e. The molecule has 8 heteroatoms. The molecule has 0 bridgehead atoms.